The van der Waals surface area contributed by atoms with Gasteiger partial charge in [0.1, 0.15) is 17.2 Å². The van der Waals surface area contributed by atoms with Crippen LogP contribution >= 0.6 is 0 Å². The van der Waals surface area contributed by atoms with Crippen LogP contribution in [0, 0.1) is 0 Å². The number of nitrogens with one attached hydrogen (secondary N) is 2. The van der Waals surface area contributed by atoms with Crippen LogP contribution in [0.4, 0.5) is 26.3 Å². The normalized spacial score (nSPS) is 12.1. The van der Waals surface area contributed by atoms with Gasteiger partial charge in [-0.2, -0.15) is 13.2 Å². The van der Waals surface area contributed by atoms with Crippen molar-refractivity contribution < 1.29 is 50.5 Å². The fourth-order valence-electron chi connectivity index (χ4n) is 2.72. The largest absolute Gasteiger partial charge is 0.573 e. The molecule has 0 aliphatic heterocycles. The Kier molecular flexibility index (Phi) is 10.1. The highest BCUT2D eigenvalue weighted by Crippen LogP contribution is 2.24. The number of ether oxygens (including phenoxy) is 2. The lowest BCUT2D eigenvalue weighted by Crippen LogP contribution is -2.36. The van der Waals surface area contributed by atoms with Crippen LogP contribution < -0.4 is 20.1 Å². The first kappa shape index (κ1) is 28.5. The Hall–Kier alpha value is -3.74. The van der Waals surface area contributed by atoms with Crippen molar-refractivity contribution in [2.45, 2.75) is 25.4 Å². The molecule has 2 amide bonds. The summed E-state index contributed by atoms with van der Waals surface area (Å²) in [4.78, 5) is 25.0. The Bertz CT molecular complexity index is 1030. The summed E-state index contributed by atoms with van der Waals surface area (Å²) in [5, 5.41) is 13.7. The Morgan fingerprint density at radius 1 is 0.917 bits per heavy atom. The summed E-state index contributed by atoms with van der Waals surface area (Å²) in [6.45, 7) is -0.665. The van der Waals surface area contributed by atoms with Crippen LogP contribution in [-0.2, 0) is 4.79 Å². The molecule has 2 aromatic rings. The van der Waals surface area contributed by atoms with Crippen LogP contribution in [-0.4, -0.2) is 49.2 Å². The molecule has 7 nitrogen and oxygen atoms in total. The third-order valence-electron chi connectivity index (χ3n) is 4.30. The zero-order chi connectivity index (χ0) is 26.8. The second-order valence-electron chi connectivity index (χ2n) is 7.20. The summed E-state index contributed by atoms with van der Waals surface area (Å²) in [6.07, 6.45) is -9.16. The van der Waals surface area contributed by atoms with E-state index in [1.165, 1.54) is 42.5 Å². The van der Waals surface area contributed by atoms with Gasteiger partial charge in [0.2, 0.25) is 0 Å². The maximum absolute atomic E-state index is 12.6. The molecule has 0 bridgehead atoms. The van der Waals surface area contributed by atoms with Gasteiger partial charge in [-0.25, -0.2) is 0 Å². The molecule has 196 valence electrons. The number of hydrogen-bond donors (Lipinski definition) is 3. The molecule has 0 unspecified atom stereocenters. The number of aliphatic hydroxyl groups excluding tert-OH is 1. The Morgan fingerprint density at radius 3 is 2.08 bits per heavy atom. The van der Waals surface area contributed by atoms with Gasteiger partial charge in [-0.15, -0.1) is 13.2 Å². The van der Waals surface area contributed by atoms with Crippen LogP contribution in [0.1, 0.15) is 28.8 Å². The van der Waals surface area contributed by atoms with Crippen LogP contribution in [0.3, 0.4) is 0 Å². The van der Waals surface area contributed by atoms with E-state index < -0.39 is 36.5 Å². The fraction of sp³-hybridized carbons (Fsp3) is 0.304. The molecule has 36 heavy (non-hydrogen) atoms. The highest BCUT2D eigenvalue weighted by Gasteiger charge is 2.31. The van der Waals surface area contributed by atoms with E-state index in [1.807, 2.05) is 0 Å². The van der Waals surface area contributed by atoms with Crippen LogP contribution in [0.5, 0.6) is 11.5 Å². The van der Waals surface area contributed by atoms with E-state index in [9.17, 15) is 35.9 Å². The van der Waals surface area contributed by atoms with Gasteiger partial charge in [0, 0.05) is 18.5 Å². The predicted octanol–water partition coefficient (Wildman–Crippen LogP) is 4.19. The summed E-state index contributed by atoms with van der Waals surface area (Å²) < 4.78 is 82.5. The SMILES string of the molecule is O=C(NCCO)C(=Cc1ccc(OC(F)(F)F)cc1)NC(=O)c1ccc(OCCCC(F)(F)F)cc1. The van der Waals surface area contributed by atoms with Crippen molar-refractivity contribution in [3.05, 3.63) is 65.4 Å². The number of amides is 2. The molecular formula is C23H22F6N2O5. The minimum absolute atomic E-state index is 0.0902. The molecule has 0 atom stereocenters. The van der Waals surface area contributed by atoms with Crippen molar-refractivity contribution in [1.29, 1.82) is 0 Å². The number of benzene rings is 2. The summed E-state index contributed by atoms with van der Waals surface area (Å²) >= 11 is 0. The summed E-state index contributed by atoms with van der Waals surface area (Å²) in [6, 6.07) is 9.93. The van der Waals surface area contributed by atoms with Gasteiger partial charge in [-0.1, -0.05) is 12.1 Å². The molecule has 0 aliphatic carbocycles. The molecule has 13 heteroatoms. The standard InChI is InChI=1S/C23H22F6N2O5/c24-22(25,26)10-1-13-35-17-8-4-16(5-9-17)20(33)31-19(21(34)30-11-12-32)14-15-2-6-18(7-3-15)36-23(27,28)29/h2-9,14,32H,1,10-13H2,(H,30,34)(H,31,33). The number of hydrogen-bond acceptors (Lipinski definition) is 5. The van der Waals surface area contributed by atoms with Gasteiger partial charge in [-0.05, 0) is 54.5 Å². The number of aliphatic hydroxyl groups is 1. The van der Waals surface area contributed by atoms with Crippen LogP contribution in [0.2, 0.25) is 0 Å². The van der Waals surface area contributed by atoms with Gasteiger partial charge in [0.05, 0.1) is 13.2 Å². The number of halogens is 6. The molecule has 0 saturated heterocycles. The second-order valence-corrected chi connectivity index (χ2v) is 7.20. The Balaban J connectivity index is 2.09. The first-order valence-electron chi connectivity index (χ1n) is 10.4. The average molecular weight is 520 g/mol. The fourth-order valence-corrected chi connectivity index (χ4v) is 2.72. The monoisotopic (exact) mass is 520 g/mol. The third kappa shape index (κ3) is 10.7. The van der Waals surface area contributed by atoms with Gasteiger partial charge in [0.25, 0.3) is 11.8 Å². The summed E-state index contributed by atoms with van der Waals surface area (Å²) in [7, 11) is 0. The lowest BCUT2D eigenvalue weighted by atomic mass is 10.1. The quantitative estimate of drug-likeness (QED) is 0.235. The zero-order valence-corrected chi connectivity index (χ0v) is 18.6. The molecule has 2 aromatic carbocycles. The van der Waals surface area contributed by atoms with Gasteiger partial charge in [-0.3, -0.25) is 9.59 Å². The van der Waals surface area contributed by atoms with Crippen molar-refractivity contribution >= 4 is 17.9 Å². The van der Waals surface area contributed by atoms with E-state index in [2.05, 4.69) is 15.4 Å². The lowest BCUT2D eigenvalue weighted by molar-refractivity contribution is -0.274. The molecule has 2 rings (SSSR count). The molecular weight excluding hydrogens is 498 g/mol. The molecule has 0 aromatic heterocycles. The number of rotatable bonds is 11. The van der Waals surface area contributed by atoms with Crippen molar-refractivity contribution in [3.8, 4) is 11.5 Å². The van der Waals surface area contributed by atoms with Crippen molar-refractivity contribution in [2.75, 3.05) is 19.8 Å². The second kappa shape index (κ2) is 12.8. The number of carbonyl (C=O) groups is 2. The van der Waals surface area contributed by atoms with E-state index >= 15 is 0 Å². The Morgan fingerprint density at radius 2 is 1.53 bits per heavy atom. The first-order chi connectivity index (χ1) is 16.9. The topological polar surface area (TPSA) is 96.9 Å². The van der Waals surface area contributed by atoms with E-state index in [0.717, 1.165) is 12.1 Å². The minimum Gasteiger partial charge on any atom is -0.494 e. The molecule has 3 N–H and O–H groups in total. The van der Waals surface area contributed by atoms with Gasteiger partial charge in [0.15, 0.2) is 0 Å². The van der Waals surface area contributed by atoms with Gasteiger partial charge < -0.3 is 25.2 Å². The smallest absolute Gasteiger partial charge is 0.494 e. The number of carbonyl (C=O) groups excluding carboxylic acids is 2. The third-order valence-corrected chi connectivity index (χ3v) is 4.30. The molecule has 0 heterocycles. The number of alkyl halides is 6. The average Bonchev–Trinajstić information content (AvgIpc) is 2.80. The van der Waals surface area contributed by atoms with Crippen LogP contribution in [0.15, 0.2) is 54.2 Å². The van der Waals surface area contributed by atoms with Crippen LogP contribution in [0.25, 0.3) is 6.08 Å². The zero-order valence-electron chi connectivity index (χ0n) is 18.6. The maximum Gasteiger partial charge on any atom is 0.573 e. The molecule has 0 aliphatic rings. The maximum atomic E-state index is 12.6. The summed E-state index contributed by atoms with van der Waals surface area (Å²) in [5.41, 5.74) is 0.0967. The predicted molar refractivity (Wildman–Crippen MR) is 116 cm³/mol. The van der Waals surface area contributed by atoms with Crippen molar-refractivity contribution in [1.82, 2.24) is 10.6 Å². The van der Waals surface area contributed by atoms with E-state index in [1.54, 1.807) is 0 Å². The van der Waals surface area contributed by atoms with E-state index in [-0.39, 0.29) is 48.8 Å². The Labute approximate surface area is 201 Å². The lowest BCUT2D eigenvalue weighted by Gasteiger charge is -2.12. The molecule has 0 saturated carbocycles. The molecule has 0 radical (unpaired) electrons. The highest BCUT2D eigenvalue weighted by atomic mass is 19.4. The minimum atomic E-state index is -4.87. The molecule has 0 spiro atoms. The van der Waals surface area contributed by atoms with E-state index in [4.69, 9.17) is 9.84 Å². The summed E-state index contributed by atoms with van der Waals surface area (Å²) in [5.74, 6) is -1.72. The van der Waals surface area contributed by atoms with E-state index in [0.29, 0.717) is 0 Å². The highest BCUT2D eigenvalue weighted by molar-refractivity contribution is 6.05. The first-order valence-corrected chi connectivity index (χ1v) is 10.4. The van der Waals surface area contributed by atoms with Crippen molar-refractivity contribution in [2.24, 2.45) is 0 Å². The molecule has 0 fully saturated rings. The van der Waals surface area contributed by atoms with Gasteiger partial charge >= 0.3 is 12.5 Å². The van der Waals surface area contributed by atoms with Crippen molar-refractivity contribution in [3.63, 3.8) is 0 Å².